The molecule has 0 saturated heterocycles. The Balaban J connectivity index is 1.92. The molecule has 4 rings (SSSR count). The zero-order valence-corrected chi connectivity index (χ0v) is 13.7. The number of ketones is 1. The summed E-state index contributed by atoms with van der Waals surface area (Å²) in [4.78, 5) is 17.6. The van der Waals surface area contributed by atoms with E-state index in [1.54, 1.807) is 11.3 Å². The number of nitrogens with one attached hydrogen (secondary N) is 1. The van der Waals surface area contributed by atoms with Crippen molar-refractivity contribution in [1.82, 2.24) is 4.98 Å². The second-order valence-corrected chi connectivity index (χ2v) is 6.44. The van der Waals surface area contributed by atoms with Crippen LogP contribution in [0.25, 0.3) is 21.7 Å². The van der Waals surface area contributed by atoms with E-state index in [1.807, 2.05) is 84.4 Å². The van der Waals surface area contributed by atoms with Gasteiger partial charge in [-0.1, -0.05) is 66.7 Å². The van der Waals surface area contributed by atoms with Gasteiger partial charge in [-0.15, -0.1) is 11.3 Å². The minimum atomic E-state index is 0.0408. The molecule has 0 aliphatic rings. The van der Waals surface area contributed by atoms with Gasteiger partial charge in [-0.3, -0.25) is 4.79 Å². The molecule has 0 amide bonds. The third-order valence-corrected chi connectivity index (χ3v) is 4.90. The fourth-order valence-electron chi connectivity index (χ4n) is 2.85. The number of carbonyl (C=O) groups is 1. The summed E-state index contributed by atoms with van der Waals surface area (Å²) in [6.07, 6.45) is 1.93. The summed E-state index contributed by atoms with van der Waals surface area (Å²) >= 11 is 1.64. The molecule has 0 spiro atoms. The molecule has 0 aliphatic heterocycles. The molecule has 116 valence electrons. The predicted octanol–water partition coefficient (Wildman–Crippen LogP) is 5.64. The maximum absolute atomic E-state index is 13.2. The van der Waals surface area contributed by atoms with Gasteiger partial charge in [0, 0.05) is 22.2 Å². The van der Waals surface area contributed by atoms with Crippen molar-refractivity contribution in [2.75, 3.05) is 0 Å². The van der Waals surface area contributed by atoms with Gasteiger partial charge in [0.1, 0.15) is 0 Å². The third kappa shape index (κ3) is 2.59. The van der Waals surface area contributed by atoms with Gasteiger partial charge >= 0.3 is 0 Å². The first-order chi connectivity index (χ1) is 11.8. The molecular weight excluding hydrogens is 314 g/mol. The summed E-state index contributed by atoms with van der Waals surface area (Å²) < 4.78 is 0. The molecule has 24 heavy (non-hydrogen) atoms. The van der Waals surface area contributed by atoms with Crippen LogP contribution in [0.4, 0.5) is 0 Å². The van der Waals surface area contributed by atoms with Crippen molar-refractivity contribution in [3.05, 3.63) is 95.5 Å². The van der Waals surface area contributed by atoms with E-state index in [9.17, 15) is 4.79 Å². The number of aromatic amines is 1. The highest BCUT2D eigenvalue weighted by molar-refractivity contribution is 7.13. The van der Waals surface area contributed by atoms with E-state index in [0.29, 0.717) is 5.56 Å². The molecule has 0 atom stereocenters. The Hall–Kier alpha value is -2.91. The second-order valence-electron chi connectivity index (χ2n) is 5.49. The van der Waals surface area contributed by atoms with Crippen LogP contribution in [0.2, 0.25) is 0 Å². The highest BCUT2D eigenvalue weighted by Gasteiger charge is 2.22. The molecule has 0 fully saturated rings. The second kappa shape index (κ2) is 6.30. The minimum absolute atomic E-state index is 0.0408. The first-order valence-corrected chi connectivity index (χ1v) is 8.63. The fraction of sp³-hybridized carbons (Fsp3) is 0. The number of carbonyl (C=O) groups excluding carboxylic acids is 1. The third-order valence-electron chi connectivity index (χ3n) is 3.99. The van der Waals surface area contributed by atoms with E-state index < -0.39 is 0 Å². The Labute approximate surface area is 144 Å². The average molecular weight is 329 g/mol. The van der Waals surface area contributed by atoms with Crippen LogP contribution in [-0.2, 0) is 0 Å². The summed E-state index contributed by atoms with van der Waals surface area (Å²) in [5.74, 6) is 0.0408. The van der Waals surface area contributed by atoms with E-state index in [0.717, 1.165) is 27.3 Å². The lowest BCUT2D eigenvalue weighted by molar-refractivity contribution is 0.104. The van der Waals surface area contributed by atoms with Crippen molar-refractivity contribution in [2.24, 2.45) is 0 Å². The van der Waals surface area contributed by atoms with Gasteiger partial charge in [0.2, 0.25) is 0 Å². The van der Waals surface area contributed by atoms with Gasteiger partial charge in [-0.05, 0) is 17.0 Å². The Morgan fingerprint density at radius 2 is 1.54 bits per heavy atom. The first-order valence-electron chi connectivity index (χ1n) is 7.75. The van der Waals surface area contributed by atoms with Crippen LogP contribution in [0, 0.1) is 0 Å². The first kappa shape index (κ1) is 14.7. The molecule has 0 unspecified atom stereocenters. The fourth-order valence-corrected chi connectivity index (χ4v) is 3.60. The summed E-state index contributed by atoms with van der Waals surface area (Å²) in [5, 5.41) is 2.03. The zero-order chi connectivity index (χ0) is 16.4. The maximum Gasteiger partial charge on any atom is 0.195 e. The average Bonchev–Trinajstić information content (AvgIpc) is 3.32. The molecule has 2 heterocycles. The largest absolute Gasteiger partial charge is 0.360 e. The van der Waals surface area contributed by atoms with Gasteiger partial charge in [0.25, 0.3) is 0 Å². The van der Waals surface area contributed by atoms with Crippen LogP contribution >= 0.6 is 11.3 Å². The molecule has 2 aromatic heterocycles. The van der Waals surface area contributed by atoms with E-state index in [-0.39, 0.29) is 5.78 Å². The van der Waals surface area contributed by atoms with Crippen molar-refractivity contribution >= 4 is 17.1 Å². The van der Waals surface area contributed by atoms with Crippen molar-refractivity contribution in [3.63, 3.8) is 0 Å². The molecule has 2 nitrogen and oxygen atoms in total. The number of hydrogen-bond acceptors (Lipinski definition) is 2. The number of H-pyrrole nitrogens is 1. The lowest BCUT2D eigenvalue weighted by Gasteiger charge is -2.07. The number of rotatable bonds is 4. The standard InChI is InChI=1S/C21H15NOS/c23-21(16-10-5-2-6-11-16)19-17(18-12-7-13-24-18)14-22-20(19)15-8-3-1-4-9-15/h1-14,22H. The normalized spacial score (nSPS) is 10.7. The van der Waals surface area contributed by atoms with Crippen molar-refractivity contribution in [2.45, 2.75) is 0 Å². The molecule has 1 N–H and O–H groups in total. The Kier molecular flexibility index (Phi) is 3.85. The maximum atomic E-state index is 13.2. The highest BCUT2D eigenvalue weighted by atomic mass is 32.1. The Bertz CT molecular complexity index is 954. The molecule has 0 radical (unpaired) electrons. The molecular formula is C21H15NOS. The summed E-state index contributed by atoms with van der Waals surface area (Å²) in [7, 11) is 0. The van der Waals surface area contributed by atoms with Gasteiger partial charge in [-0.2, -0.15) is 0 Å². The van der Waals surface area contributed by atoms with Crippen molar-refractivity contribution in [1.29, 1.82) is 0 Å². The van der Waals surface area contributed by atoms with Crippen LogP contribution in [0.1, 0.15) is 15.9 Å². The topological polar surface area (TPSA) is 32.9 Å². The summed E-state index contributed by atoms with van der Waals surface area (Å²) in [5.41, 5.74) is 4.27. The smallest absolute Gasteiger partial charge is 0.195 e. The molecule has 0 aliphatic carbocycles. The molecule has 0 bridgehead atoms. The molecule has 2 aromatic carbocycles. The zero-order valence-electron chi connectivity index (χ0n) is 12.9. The van der Waals surface area contributed by atoms with Crippen LogP contribution in [0.5, 0.6) is 0 Å². The van der Waals surface area contributed by atoms with Gasteiger partial charge < -0.3 is 4.98 Å². The quantitative estimate of drug-likeness (QED) is 0.483. The van der Waals surface area contributed by atoms with Crippen LogP contribution < -0.4 is 0 Å². The Morgan fingerprint density at radius 3 is 2.21 bits per heavy atom. The van der Waals surface area contributed by atoms with E-state index >= 15 is 0 Å². The predicted molar refractivity (Wildman–Crippen MR) is 99.4 cm³/mol. The lowest BCUT2D eigenvalue weighted by Crippen LogP contribution is -2.03. The summed E-state index contributed by atoms with van der Waals surface area (Å²) in [6, 6.07) is 23.5. The van der Waals surface area contributed by atoms with Crippen molar-refractivity contribution in [3.8, 4) is 21.7 Å². The van der Waals surface area contributed by atoms with E-state index in [2.05, 4.69) is 4.98 Å². The minimum Gasteiger partial charge on any atom is -0.360 e. The number of benzene rings is 2. The SMILES string of the molecule is O=C(c1ccccc1)c1c(-c2cccs2)c[nH]c1-c1ccccc1. The molecule has 3 heteroatoms. The number of thiophene rings is 1. The van der Waals surface area contributed by atoms with Crippen LogP contribution in [0.3, 0.4) is 0 Å². The number of aromatic nitrogens is 1. The van der Waals surface area contributed by atoms with Gasteiger partial charge in [0.15, 0.2) is 5.78 Å². The highest BCUT2D eigenvalue weighted by Crippen LogP contribution is 2.35. The monoisotopic (exact) mass is 329 g/mol. The molecule has 4 aromatic rings. The van der Waals surface area contributed by atoms with Gasteiger partial charge in [-0.25, -0.2) is 0 Å². The number of hydrogen-bond donors (Lipinski definition) is 1. The van der Waals surface area contributed by atoms with E-state index in [4.69, 9.17) is 0 Å². The van der Waals surface area contributed by atoms with Gasteiger partial charge in [0.05, 0.1) is 11.3 Å². The van der Waals surface area contributed by atoms with Crippen LogP contribution in [-0.4, -0.2) is 10.8 Å². The Morgan fingerprint density at radius 1 is 0.833 bits per heavy atom. The summed E-state index contributed by atoms with van der Waals surface area (Å²) in [6.45, 7) is 0. The lowest BCUT2D eigenvalue weighted by atomic mass is 9.96. The van der Waals surface area contributed by atoms with Crippen LogP contribution in [0.15, 0.2) is 84.4 Å². The van der Waals surface area contributed by atoms with Crippen molar-refractivity contribution < 1.29 is 4.79 Å². The molecule has 0 saturated carbocycles. The van der Waals surface area contributed by atoms with E-state index in [1.165, 1.54) is 0 Å².